The van der Waals surface area contributed by atoms with Crippen LogP contribution >= 0.6 is 0 Å². The van der Waals surface area contributed by atoms with Crippen LogP contribution < -0.4 is 11.1 Å². The van der Waals surface area contributed by atoms with Gasteiger partial charge in [0.1, 0.15) is 0 Å². The van der Waals surface area contributed by atoms with E-state index in [0.717, 1.165) is 19.3 Å². The van der Waals surface area contributed by atoms with Crippen molar-refractivity contribution in [3.05, 3.63) is 0 Å². The summed E-state index contributed by atoms with van der Waals surface area (Å²) in [5.41, 5.74) is 5.92. The van der Waals surface area contributed by atoms with Crippen LogP contribution in [-0.2, 0) is 9.59 Å². The maximum absolute atomic E-state index is 11.8. The Kier molecular flexibility index (Phi) is 4.58. The largest absolute Gasteiger partial charge is 0.353 e. The molecule has 18 heavy (non-hydrogen) atoms. The van der Waals surface area contributed by atoms with E-state index in [-0.39, 0.29) is 24.4 Å². The molecule has 2 amide bonds. The van der Waals surface area contributed by atoms with Gasteiger partial charge >= 0.3 is 0 Å². The molecule has 1 aliphatic heterocycles. The summed E-state index contributed by atoms with van der Waals surface area (Å²) in [5.74, 6) is 0.612. The summed E-state index contributed by atoms with van der Waals surface area (Å²) in [6, 6.07) is 0.0776. The molecule has 1 heterocycles. The summed E-state index contributed by atoms with van der Waals surface area (Å²) >= 11 is 0. The molecule has 0 spiro atoms. The first-order valence-electron chi connectivity index (χ1n) is 6.97. The van der Waals surface area contributed by atoms with Gasteiger partial charge in [0.15, 0.2) is 0 Å². The molecule has 1 unspecified atom stereocenters. The molecule has 1 saturated heterocycles. The van der Waals surface area contributed by atoms with Gasteiger partial charge in [-0.05, 0) is 31.6 Å². The molecule has 2 fully saturated rings. The minimum absolute atomic E-state index is 0.0776. The zero-order chi connectivity index (χ0) is 13.0. The van der Waals surface area contributed by atoms with Crippen molar-refractivity contribution in [2.24, 2.45) is 11.7 Å². The molecular weight excluding hydrogens is 230 g/mol. The third-order valence-electron chi connectivity index (χ3n) is 3.77. The number of hydrogen-bond acceptors (Lipinski definition) is 3. The predicted molar refractivity (Wildman–Crippen MR) is 68.8 cm³/mol. The maximum atomic E-state index is 11.8. The lowest BCUT2D eigenvalue weighted by molar-refractivity contribution is -0.135. The molecular formula is C13H23N3O2. The normalized spacial score (nSPS) is 22.5. The lowest BCUT2D eigenvalue weighted by Crippen LogP contribution is -2.44. The Labute approximate surface area is 108 Å². The second-order valence-corrected chi connectivity index (χ2v) is 5.43. The molecule has 5 heteroatoms. The first-order chi connectivity index (χ1) is 8.66. The first kappa shape index (κ1) is 13.3. The van der Waals surface area contributed by atoms with E-state index in [0.29, 0.717) is 25.4 Å². The molecule has 0 aromatic heterocycles. The van der Waals surface area contributed by atoms with Crippen LogP contribution in [0, 0.1) is 5.92 Å². The van der Waals surface area contributed by atoms with Crippen LogP contribution in [0.3, 0.4) is 0 Å². The summed E-state index contributed by atoms with van der Waals surface area (Å²) in [6.07, 6.45) is 5.97. The number of nitrogens with zero attached hydrogens (tertiary/aromatic N) is 1. The molecule has 0 aromatic carbocycles. The van der Waals surface area contributed by atoms with E-state index in [1.807, 2.05) is 0 Å². The standard InChI is InChI=1S/C13H23N3O2/c14-11(10-5-6-10)8-15-12(17)9-16-7-3-1-2-4-13(16)18/h10-11H,1-9,14H2,(H,15,17). The number of nitrogens with one attached hydrogen (secondary N) is 1. The van der Waals surface area contributed by atoms with Gasteiger partial charge < -0.3 is 16.0 Å². The highest BCUT2D eigenvalue weighted by Gasteiger charge is 2.28. The fourth-order valence-corrected chi connectivity index (χ4v) is 2.36. The monoisotopic (exact) mass is 253 g/mol. The van der Waals surface area contributed by atoms with Gasteiger partial charge in [-0.15, -0.1) is 0 Å². The number of nitrogens with two attached hydrogens (primary N) is 1. The fourth-order valence-electron chi connectivity index (χ4n) is 2.36. The van der Waals surface area contributed by atoms with Crippen LogP contribution in [0.4, 0.5) is 0 Å². The van der Waals surface area contributed by atoms with E-state index < -0.39 is 0 Å². The van der Waals surface area contributed by atoms with Crippen LogP contribution in [0.2, 0.25) is 0 Å². The van der Waals surface area contributed by atoms with Gasteiger partial charge in [0.05, 0.1) is 6.54 Å². The quantitative estimate of drug-likeness (QED) is 0.737. The summed E-state index contributed by atoms with van der Waals surface area (Å²) in [5, 5.41) is 2.83. The van der Waals surface area contributed by atoms with Crippen molar-refractivity contribution in [3.8, 4) is 0 Å². The third-order valence-corrected chi connectivity index (χ3v) is 3.77. The molecule has 1 saturated carbocycles. The van der Waals surface area contributed by atoms with Gasteiger partial charge in [0.2, 0.25) is 11.8 Å². The molecule has 102 valence electrons. The van der Waals surface area contributed by atoms with Crippen LogP contribution in [-0.4, -0.2) is 42.4 Å². The van der Waals surface area contributed by atoms with E-state index in [4.69, 9.17) is 5.73 Å². The minimum Gasteiger partial charge on any atom is -0.353 e. The van der Waals surface area contributed by atoms with E-state index in [1.165, 1.54) is 12.8 Å². The Morgan fingerprint density at radius 2 is 2.17 bits per heavy atom. The Morgan fingerprint density at radius 3 is 2.89 bits per heavy atom. The fraction of sp³-hybridized carbons (Fsp3) is 0.846. The molecule has 5 nitrogen and oxygen atoms in total. The van der Waals surface area contributed by atoms with E-state index >= 15 is 0 Å². The summed E-state index contributed by atoms with van der Waals surface area (Å²) in [4.78, 5) is 25.2. The molecule has 0 bridgehead atoms. The molecule has 3 N–H and O–H groups in total. The Hall–Kier alpha value is -1.10. The second-order valence-electron chi connectivity index (χ2n) is 5.43. The van der Waals surface area contributed by atoms with Crippen LogP contribution in [0.5, 0.6) is 0 Å². The Bertz CT molecular complexity index is 315. The van der Waals surface area contributed by atoms with E-state index in [9.17, 15) is 9.59 Å². The third kappa shape index (κ3) is 3.98. The van der Waals surface area contributed by atoms with Crippen molar-refractivity contribution in [2.75, 3.05) is 19.6 Å². The lowest BCUT2D eigenvalue weighted by Gasteiger charge is -2.20. The smallest absolute Gasteiger partial charge is 0.239 e. The molecule has 2 rings (SSSR count). The number of hydrogen-bond donors (Lipinski definition) is 2. The van der Waals surface area contributed by atoms with Crippen molar-refractivity contribution in [2.45, 2.75) is 44.6 Å². The number of likely N-dealkylation sites (tertiary alicyclic amines) is 1. The van der Waals surface area contributed by atoms with Crippen LogP contribution in [0.1, 0.15) is 38.5 Å². The van der Waals surface area contributed by atoms with Crippen molar-refractivity contribution >= 4 is 11.8 Å². The highest BCUT2D eigenvalue weighted by Crippen LogP contribution is 2.31. The van der Waals surface area contributed by atoms with Crippen LogP contribution in [0.15, 0.2) is 0 Å². The average Bonchev–Trinajstić information content (AvgIpc) is 3.17. The van der Waals surface area contributed by atoms with Crippen molar-refractivity contribution in [1.82, 2.24) is 10.2 Å². The Morgan fingerprint density at radius 1 is 1.39 bits per heavy atom. The number of carbonyl (C=O) groups excluding carboxylic acids is 2. The summed E-state index contributed by atoms with van der Waals surface area (Å²) in [6.45, 7) is 1.43. The van der Waals surface area contributed by atoms with Gasteiger partial charge in [0, 0.05) is 25.6 Å². The zero-order valence-electron chi connectivity index (χ0n) is 10.9. The van der Waals surface area contributed by atoms with Gasteiger partial charge in [0.25, 0.3) is 0 Å². The van der Waals surface area contributed by atoms with Gasteiger partial charge in [-0.1, -0.05) is 6.42 Å². The van der Waals surface area contributed by atoms with Crippen molar-refractivity contribution in [1.29, 1.82) is 0 Å². The molecule has 2 aliphatic rings. The summed E-state index contributed by atoms with van der Waals surface area (Å²) in [7, 11) is 0. The first-order valence-corrected chi connectivity index (χ1v) is 6.97. The van der Waals surface area contributed by atoms with E-state index in [1.54, 1.807) is 4.90 Å². The Balaban J connectivity index is 1.70. The highest BCUT2D eigenvalue weighted by atomic mass is 16.2. The van der Waals surface area contributed by atoms with Gasteiger partial charge in [-0.25, -0.2) is 0 Å². The topological polar surface area (TPSA) is 75.4 Å². The SMILES string of the molecule is NC(CNC(=O)CN1CCCCCC1=O)C1CC1. The van der Waals surface area contributed by atoms with Crippen molar-refractivity contribution in [3.63, 3.8) is 0 Å². The van der Waals surface area contributed by atoms with Crippen LogP contribution in [0.25, 0.3) is 0 Å². The highest BCUT2D eigenvalue weighted by molar-refractivity contribution is 5.84. The molecule has 0 aromatic rings. The zero-order valence-corrected chi connectivity index (χ0v) is 10.9. The lowest BCUT2D eigenvalue weighted by atomic mass is 10.2. The molecule has 1 atom stereocenters. The average molecular weight is 253 g/mol. The van der Waals surface area contributed by atoms with Gasteiger partial charge in [-0.3, -0.25) is 9.59 Å². The number of rotatable bonds is 5. The second kappa shape index (κ2) is 6.18. The van der Waals surface area contributed by atoms with E-state index in [2.05, 4.69) is 5.32 Å². The number of amides is 2. The summed E-state index contributed by atoms with van der Waals surface area (Å²) < 4.78 is 0. The maximum Gasteiger partial charge on any atom is 0.239 e. The minimum atomic E-state index is -0.0821. The van der Waals surface area contributed by atoms with Gasteiger partial charge in [-0.2, -0.15) is 0 Å². The molecule has 1 aliphatic carbocycles. The predicted octanol–water partition coefficient (Wildman–Crippen LogP) is 0.242. The molecule has 0 radical (unpaired) electrons. The van der Waals surface area contributed by atoms with Crippen molar-refractivity contribution < 1.29 is 9.59 Å². The number of carbonyl (C=O) groups is 2.